The number of carbonyl (C=O) groups excluding carboxylic acids is 1. The summed E-state index contributed by atoms with van der Waals surface area (Å²) in [7, 11) is 1.32. The van der Waals surface area contributed by atoms with E-state index in [1.807, 2.05) is 6.07 Å². The zero-order chi connectivity index (χ0) is 11.4. The van der Waals surface area contributed by atoms with Gasteiger partial charge in [0.1, 0.15) is 0 Å². The molecule has 0 saturated heterocycles. The van der Waals surface area contributed by atoms with E-state index < -0.39 is 5.97 Å². The van der Waals surface area contributed by atoms with Crippen LogP contribution in [0.5, 0.6) is 0 Å². The first kappa shape index (κ1) is 11.2. The van der Waals surface area contributed by atoms with Crippen molar-refractivity contribution >= 4 is 5.97 Å². The predicted molar refractivity (Wildman–Crippen MR) is 55.1 cm³/mol. The molecule has 15 heavy (non-hydrogen) atoms. The highest BCUT2D eigenvalue weighted by Crippen LogP contribution is 2.18. The van der Waals surface area contributed by atoms with E-state index in [-0.39, 0.29) is 6.54 Å². The molecule has 4 heteroatoms. The van der Waals surface area contributed by atoms with Gasteiger partial charge in [0.2, 0.25) is 0 Å². The van der Waals surface area contributed by atoms with Crippen LogP contribution in [0.1, 0.15) is 27.0 Å². The summed E-state index contributed by atoms with van der Waals surface area (Å²) in [5.74, 6) is -0.428. The van der Waals surface area contributed by atoms with Crippen LogP contribution < -0.4 is 5.73 Å². The summed E-state index contributed by atoms with van der Waals surface area (Å²) in [6, 6.07) is 5.21. The number of carbonyl (C=O) groups is 1. The van der Waals surface area contributed by atoms with Gasteiger partial charge >= 0.3 is 5.97 Å². The number of nitrogens with zero attached hydrogens (tertiary/aromatic N) is 1. The summed E-state index contributed by atoms with van der Waals surface area (Å²) >= 11 is 0. The van der Waals surface area contributed by atoms with E-state index in [4.69, 9.17) is 11.0 Å². The molecular weight excluding hydrogens is 192 g/mol. The minimum absolute atomic E-state index is 0.214. The Morgan fingerprint density at radius 3 is 2.73 bits per heavy atom. The van der Waals surface area contributed by atoms with Crippen LogP contribution in [0.25, 0.3) is 0 Å². The normalized spacial score (nSPS) is 9.47. The van der Waals surface area contributed by atoms with Gasteiger partial charge < -0.3 is 10.5 Å². The van der Waals surface area contributed by atoms with E-state index in [0.717, 1.165) is 5.56 Å². The minimum atomic E-state index is -0.428. The van der Waals surface area contributed by atoms with Gasteiger partial charge in [-0.25, -0.2) is 4.79 Å². The highest BCUT2D eigenvalue weighted by atomic mass is 16.5. The van der Waals surface area contributed by atoms with Gasteiger partial charge in [-0.3, -0.25) is 0 Å². The highest BCUT2D eigenvalue weighted by Gasteiger charge is 2.14. The number of methoxy groups -OCH3 is 1. The molecule has 0 aromatic heterocycles. The summed E-state index contributed by atoms with van der Waals surface area (Å²) in [6.07, 6.45) is 0. The molecule has 0 spiro atoms. The van der Waals surface area contributed by atoms with E-state index in [9.17, 15) is 4.79 Å². The quantitative estimate of drug-likeness (QED) is 0.732. The summed E-state index contributed by atoms with van der Waals surface area (Å²) in [6.45, 7) is 1.99. The van der Waals surface area contributed by atoms with Crippen molar-refractivity contribution in [2.75, 3.05) is 7.11 Å². The Hall–Kier alpha value is -1.86. The number of esters is 1. The smallest absolute Gasteiger partial charge is 0.338 e. The van der Waals surface area contributed by atoms with Crippen LogP contribution in [0, 0.1) is 18.3 Å². The van der Waals surface area contributed by atoms with Crippen molar-refractivity contribution < 1.29 is 9.53 Å². The number of hydrogen-bond donors (Lipinski definition) is 1. The minimum Gasteiger partial charge on any atom is -0.465 e. The third-order valence-corrected chi connectivity index (χ3v) is 2.33. The summed E-state index contributed by atoms with van der Waals surface area (Å²) in [5.41, 5.74) is 7.91. The van der Waals surface area contributed by atoms with E-state index >= 15 is 0 Å². The molecule has 1 aromatic carbocycles. The third-order valence-electron chi connectivity index (χ3n) is 2.33. The molecule has 0 unspecified atom stereocenters. The van der Waals surface area contributed by atoms with Crippen LogP contribution >= 0.6 is 0 Å². The van der Waals surface area contributed by atoms with Crippen molar-refractivity contribution in [3.8, 4) is 6.07 Å². The first-order valence-electron chi connectivity index (χ1n) is 4.46. The zero-order valence-electron chi connectivity index (χ0n) is 8.70. The van der Waals surface area contributed by atoms with Gasteiger partial charge in [0.05, 0.1) is 24.3 Å². The Morgan fingerprint density at radius 1 is 1.60 bits per heavy atom. The van der Waals surface area contributed by atoms with Gasteiger partial charge in [-0.05, 0) is 30.2 Å². The van der Waals surface area contributed by atoms with Crippen LogP contribution in [0.2, 0.25) is 0 Å². The second-order valence-corrected chi connectivity index (χ2v) is 3.07. The Bertz CT molecular complexity index is 433. The van der Waals surface area contributed by atoms with Gasteiger partial charge in [-0.1, -0.05) is 0 Å². The van der Waals surface area contributed by atoms with Gasteiger partial charge in [0, 0.05) is 6.54 Å². The monoisotopic (exact) mass is 204 g/mol. The molecule has 0 bridgehead atoms. The van der Waals surface area contributed by atoms with E-state index in [1.165, 1.54) is 7.11 Å². The van der Waals surface area contributed by atoms with E-state index in [1.54, 1.807) is 19.1 Å². The van der Waals surface area contributed by atoms with Crippen molar-refractivity contribution in [1.82, 2.24) is 0 Å². The lowest BCUT2D eigenvalue weighted by Crippen LogP contribution is -2.11. The number of nitriles is 1. The van der Waals surface area contributed by atoms with Gasteiger partial charge in [0.25, 0.3) is 0 Å². The number of hydrogen-bond acceptors (Lipinski definition) is 4. The maximum absolute atomic E-state index is 11.4. The molecule has 78 valence electrons. The number of benzene rings is 1. The fourth-order valence-electron chi connectivity index (χ4n) is 1.44. The lowest BCUT2D eigenvalue weighted by atomic mass is 9.97. The molecule has 1 aromatic rings. The summed E-state index contributed by atoms with van der Waals surface area (Å²) < 4.78 is 4.63. The van der Waals surface area contributed by atoms with Crippen LogP contribution in [-0.2, 0) is 11.3 Å². The van der Waals surface area contributed by atoms with Crippen LogP contribution in [0.15, 0.2) is 12.1 Å². The molecule has 0 heterocycles. The SMILES string of the molecule is COC(=O)c1ccc(C#N)c(C)c1CN. The largest absolute Gasteiger partial charge is 0.465 e. The molecule has 0 fully saturated rings. The number of rotatable bonds is 2. The van der Waals surface area contributed by atoms with Crippen LogP contribution in [0.4, 0.5) is 0 Å². The van der Waals surface area contributed by atoms with Gasteiger partial charge in [-0.15, -0.1) is 0 Å². The molecule has 0 aliphatic carbocycles. The Labute approximate surface area is 88.3 Å². The second kappa shape index (κ2) is 4.58. The standard InChI is InChI=1S/C11H12N2O2/c1-7-8(5-12)3-4-9(10(7)6-13)11(14)15-2/h3-4H,6,13H2,1-2H3. The molecule has 0 atom stereocenters. The van der Waals surface area contributed by atoms with Crippen molar-refractivity contribution in [2.24, 2.45) is 5.73 Å². The maximum Gasteiger partial charge on any atom is 0.338 e. The van der Waals surface area contributed by atoms with E-state index in [2.05, 4.69) is 4.74 Å². The fraction of sp³-hybridized carbons (Fsp3) is 0.273. The molecule has 0 aliphatic heterocycles. The lowest BCUT2D eigenvalue weighted by molar-refractivity contribution is 0.0599. The van der Waals surface area contributed by atoms with Crippen molar-refractivity contribution in [1.29, 1.82) is 5.26 Å². The van der Waals surface area contributed by atoms with Gasteiger partial charge in [0.15, 0.2) is 0 Å². The van der Waals surface area contributed by atoms with Crippen LogP contribution in [-0.4, -0.2) is 13.1 Å². The lowest BCUT2D eigenvalue weighted by Gasteiger charge is -2.10. The van der Waals surface area contributed by atoms with Crippen molar-refractivity contribution in [3.05, 3.63) is 34.4 Å². The Kier molecular flexibility index (Phi) is 3.42. The average molecular weight is 204 g/mol. The topological polar surface area (TPSA) is 76.1 Å². The fourth-order valence-corrected chi connectivity index (χ4v) is 1.44. The Balaban J connectivity index is 3.39. The average Bonchev–Trinajstić information content (AvgIpc) is 2.27. The molecule has 0 saturated carbocycles. The molecule has 0 radical (unpaired) electrons. The maximum atomic E-state index is 11.4. The van der Waals surface area contributed by atoms with Gasteiger partial charge in [-0.2, -0.15) is 5.26 Å². The predicted octanol–water partition coefficient (Wildman–Crippen LogP) is 1.11. The summed E-state index contributed by atoms with van der Waals surface area (Å²) in [5, 5.41) is 8.82. The zero-order valence-corrected chi connectivity index (χ0v) is 8.70. The van der Waals surface area contributed by atoms with E-state index in [0.29, 0.717) is 16.7 Å². The number of ether oxygens (including phenoxy) is 1. The first-order valence-corrected chi connectivity index (χ1v) is 4.46. The van der Waals surface area contributed by atoms with Crippen molar-refractivity contribution in [3.63, 3.8) is 0 Å². The molecule has 1 rings (SSSR count). The molecule has 0 aliphatic rings. The van der Waals surface area contributed by atoms with Crippen molar-refractivity contribution in [2.45, 2.75) is 13.5 Å². The molecule has 0 amide bonds. The molecule has 4 nitrogen and oxygen atoms in total. The van der Waals surface area contributed by atoms with Crippen LogP contribution in [0.3, 0.4) is 0 Å². The molecular formula is C11H12N2O2. The first-order chi connectivity index (χ1) is 7.15. The highest BCUT2D eigenvalue weighted by molar-refractivity contribution is 5.91. The summed E-state index contributed by atoms with van der Waals surface area (Å²) in [4.78, 5) is 11.4. The second-order valence-electron chi connectivity index (χ2n) is 3.07. The number of nitrogens with two attached hydrogens (primary N) is 1. The Morgan fingerprint density at radius 2 is 2.27 bits per heavy atom. The third kappa shape index (κ3) is 1.97. The molecule has 2 N–H and O–H groups in total.